The minimum absolute atomic E-state index is 0.675. The fourth-order valence-corrected chi connectivity index (χ4v) is 2.74. The monoisotopic (exact) mass is 332 g/mol. The molecular formula is C17H21ClN4O. The van der Waals surface area contributed by atoms with Crippen molar-refractivity contribution in [2.24, 2.45) is 0 Å². The maximum absolute atomic E-state index is 5.93. The van der Waals surface area contributed by atoms with Crippen molar-refractivity contribution in [3.63, 3.8) is 0 Å². The van der Waals surface area contributed by atoms with E-state index < -0.39 is 0 Å². The molecule has 0 atom stereocenters. The lowest BCUT2D eigenvalue weighted by molar-refractivity contribution is 0.0398. The van der Waals surface area contributed by atoms with Gasteiger partial charge in [0.05, 0.1) is 18.9 Å². The molecule has 1 saturated heterocycles. The Morgan fingerprint density at radius 2 is 1.96 bits per heavy atom. The summed E-state index contributed by atoms with van der Waals surface area (Å²) in [6.07, 6.45) is 1.86. The molecule has 1 N–H and O–H groups in total. The molecule has 1 aromatic carbocycles. The number of nitrogens with one attached hydrogen (secondary N) is 1. The summed E-state index contributed by atoms with van der Waals surface area (Å²) < 4.78 is 5.35. The molecule has 1 aromatic heterocycles. The Balaban J connectivity index is 1.59. The molecule has 1 fully saturated rings. The zero-order valence-corrected chi connectivity index (χ0v) is 14.0. The van der Waals surface area contributed by atoms with Crippen molar-refractivity contribution >= 4 is 17.5 Å². The predicted molar refractivity (Wildman–Crippen MR) is 93.0 cm³/mol. The van der Waals surface area contributed by atoms with Gasteiger partial charge in [-0.05, 0) is 24.6 Å². The molecule has 1 aliphatic rings. The van der Waals surface area contributed by atoms with Gasteiger partial charge in [-0.2, -0.15) is 0 Å². The number of anilines is 1. The normalized spacial score (nSPS) is 15.6. The van der Waals surface area contributed by atoms with Crippen LogP contribution in [0.25, 0.3) is 11.1 Å². The number of morpholine rings is 1. The van der Waals surface area contributed by atoms with Crippen LogP contribution in [0.1, 0.15) is 5.69 Å². The minimum atomic E-state index is 0.675. The maximum Gasteiger partial charge on any atom is 0.222 e. The van der Waals surface area contributed by atoms with Gasteiger partial charge in [0.2, 0.25) is 5.95 Å². The van der Waals surface area contributed by atoms with Crippen LogP contribution in [-0.4, -0.2) is 54.3 Å². The quantitative estimate of drug-likeness (QED) is 0.912. The number of benzene rings is 1. The van der Waals surface area contributed by atoms with Crippen molar-refractivity contribution in [1.82, 2.24) is 14.9 Å². The molecule has 2 aromatic rings. The zero-order valence-electron chi connectivity index (χ0n) is 13.3. The highest BCUT2D eigenvalue weighted by molar-refractivity contribution is 6.30. The van der Waals surface area contributed by atoms with Crippen LogP contribution in [0.4, 0.5) is 5.95 Å². The summed E-state index contributed by atoms with van der Waals surface area (Å²) >= 11 is 5.93. The SMILES string of the molecule is Cc1nc(NCCN2CCOCC2)ncc1-c1ccc(Cl)cc1. The third-order valence-corrected chi connectivity index (χ3v) is 4.20. The molecular weight excluding hydrogens is 312 g/mol. The van der Waals surface area contributed by atoms with Crippen molar-refractivity contribution < 1.29 is 4.74 Å². The van der Waals surface area contributed by atoms with Crippen molar-refractivity contribution in [3.05, 3.63) is 41.2 Å². The molecule has 0 amide bonds. The highest BCUT2D eigenvalue weighted by Crippen LogP contribution is 2.23. The molecule has 122 valence electrons. The van der Waals surface area contributed by atoms with E-state index in [0.717, 1.165) is 61.2 Å². The number of ether oxygens (including phenoxy) is 1. The number of aryl methyl sites for hydroxylation is 1. The van der Waals surface area contributed by atoms with Gasteiger partial charge in [0, 0.05) is 43.0 Å². The standard InChI is InChI=1S/C17H21ClN4O/c1-13-16(14-2-4-15(18)5-3-14)12-20-17(21-13)19-6-7-22-8-10-23-11-9-22/h2-5,12H,6-11H2,1H3,(H,19,20,21). The topological polar surface area (TPSA) is 50.3 Å². The Morgan fingerprint density at radius 3 is 2.65 bits per heavy atom. The first-order valence-electron chi connectivity index (χ1n) is 7.86. The van der Waals surface area contributed by atoms with Crippen LogP contribution in [0.5, 0.6) is 0 Å². The van der Waals surface area contributed by atoms with E-state index in [-0.39, 0.29) is 0 Å². The third kappa shape index (κ3) is 4.41. The van der Waals surface area contributed by atoms with E-state index in [1.807, 2.05) is 37.4 Å². The van der Waals surface area contributed by atoms with E-state index in [2.05, 4.69) is 20.2 Å². The lowest BCUT2D eigenvalue weighted by Crippen LogP contribution is -2.39. The number of aromatic nitrogens is 2. The molecule has 2 heterocycles. The van der Waals surface area contributed by atoms with Crippen LogP contribution in [0.15, 0.2) is 30.5 Å². The third-order valence-electron chi connectivity index (χ3n) is 3.95. The lowest BCUT2D eigenvalue weighted by Gasteiger charge is -2.26. The lowest BCUT2D eigenvalue weighted by atomic mass is 10.1. The van der Waals surface area contributed by atoms with Gasteiger partial charge >= 0.3 is 0 Å². The van der Waals surface area contributed by atoms with Crippen LogP contribution in [0, 0.1) is 6.92 Å². The van der Waals surface area contributed by atoms with Crippen LogP contribution < -0.4 is 5.32 Å². The number of rotatable bonds is 5. The van der Waals surface area contributed by atoms with Crippen LogP contribution >= 0.6 is 11.6 Å². The van der Waals surface area contributed by atoms with E-state index in [0.29, 0.717) is 5.95 Å². The van der Waals surface area contributed by atoms with Crippen LogP contribution in [0.3, 0.4) is 0 Å². The fraction of sp³-hybridized carbons (Fsp3) is 0.412. The first kappa shape index (κ1) is 16.2. The average Bonchev–Trinajstić information content (AvgIpc) is 2.57. The number of nitrogens with zero attached hydrogens (tertiary/aromatic N) is 3. The summed E-state index contributed by atoms with van der Waals surface area (Å²) in [5, 5.41) is 4.03. The largest absolute Gasteiger partial charge is 0.379 e. The Bertz CT molecular complexity index is 642. The summed E-state index contributed by atoms with van der Waals surface area (Å²) in [5.74, 6) is 0.675. The summed E-state index contributed by atoms with van der Waals surface area (Å²) in [7, 11) is 0. The zero-order chi connectivity index (χ0) is 16.1. The molecule has 1 aliphatic heterocycles. The number of hydrogen-bond acceptors (Lipinski definition) is 5. The summed E-state index contributed by atoms with van der Waals surface area (Å²) in [4.78, 5) is 11.4. The molecule has 3 rings (SSSR count). The Hall–Kier alpha value is -1.69. The van der Waals surface area contributed by atoms with E-state index in [9.17, 15) is 0 Å². The van der Waals surface area contributed by atoms with Gasteiger partial charge in [0.25, 0.3) is 0 Å². The van der Waals surface area contributed by atoms with Crippen LogP contribution in [0.2, 0.25) is 5.02 Å². The molecule has 0 spiro atoms. The molecule has 6 heteroatoms. The summed E-state index contributed by atoms with van der Waals surface area (Å²) in [6.45, 7) is 7.45. The molecule has 0 radical (unpaired) electrons. The molecule has 0 saturated carbocycles. The van der Waals surface area contributed by atoms with E-state index >= 15 is 0 Å². The highest BCUT2D eigenvalue weighted by atomic mass is 35.5. The average molecular weight is 333 g/mol. The first-order valence-corrected chi connectivity index (χ1v) is 8.24. The Morgan fingerprint density at radius 1 is 1.22 bits per heavy atom. The van der Waals surface area contributed by atoms with Gasteiger partial charge in [-0.3, -0.25) is 4.90 Å². The van der Waals surface area contributed by atoms with Gasteiger partial charge in [-0.1, -0.05) is 23.7 Å². The van der Waals surface area contributed by atoms with Crippen molar-refractivity contribution in [3.8, 4) is 11.1 Å². The molecule has 0 unspecified atom stereocenters. The van der Waals surface area contributed by atoms with E-state index in [1.54, 1.807) is 0 Å². The molecule has 0 bridgehead atoms. The molecule has 0 aliphatic carbocycles. The highest BCUT2D eigenvalue weighted by Gasteiger charge is 2.10. The second-order valence-electron chi connectivity index (χ2n) is 5.58. The van der Waals surface area contributed by atoms with Crippen molar-refractivity contribution in [1.29, 1.82) is 0 Å². The Kier molecular flexibility index (Phi) is 5.43. The van der Waals surface area contributed by atoms with Gasteiger partial charge in [-0.25, -0.2) is 9.97 Å². The Labute approximate surface area is 141 Å². The van der Waals surface area contributed by atoms with Gasteiger partial charge in [0.15, 0.2) is 0 Å². The van der Waals surface area contributed by atoms with Crippen molar-refractivity contribution in [2.75, 3.05) is 44.7 Å². The summed E-state index contributed by atoms with van der Waals surface area (Å²) in [6, 6.07) is 7.73. The van der Waals surface area contributed by atoms with Gasteiger partial charge in [-0.15, -0.1) is 0 Å². The first-order chi connectivity index (χ1) is 11.2. The van der Waals surface area contributed by atoms with Gasteiger partial charge < -0.3 is 10.1 Å². The minimum Gasteiger partial charge on any atom is -0.379 e. The van der Waals surface area contributed by atoms with Crippen LogP contribution in [-0.2, 0) is 4.74 Å². The number of hydrogen-bond donors (Lipinski definition) is 1. The maximum atomic E-state index is 5.93. The fourth-order valence-electron chi connectivity index (χ4n) is 2.62. The molecule has 5 nitrogen and oxygen atoms in total. The van der Waals surface area contributed by atoms with Crippen molar-refractivity contribution in [2.45, 2.75) is 6.92 Å². The predicted octanol–water partition coefficient (Wildman–Crippen LogP) is 2.85. The van der Waals surface area contributed by atoms with E-state index in [4.69, 9.17) is 16.3 Å². The smallest absolute Gasteiger partial charge is 0.222 e. The van der Waals surface area contributed by atoms with Gasteiger partial charge in [0.1, 0.15) is 0 Å². The van der Waals surface area contributed by atoms with E-state index in [1.165, 1.54) is 0 Å². The second-order valence-corrected chi connectivity index (χ2v) is 6.02. The molecule has 23 heavy (non-hydrogen) atoms. The second kappa shape index (κ2) is 7.73. The summed E-state index contributed by atoms with van der Waals surface area (Å²) in [5.41, 5.74) is 3.06. The number of halogens is 1.